The first kappa shape index (κ1) is 13.9. The Hall–Kier alpha value is -1.11. The summed E-state index contributed by atoms with van der Waals surface area (Å²) in [5.74, 6) is 0.0911. The van der Waals surface area contributed by atoms with Crippen LogP contribution in [0.5, 0.6) is 0 Å². The fourth-order valence-corrected chi connectivity index (χ4v) is 3.25. The first-order valence-corrected chi connectivity index (χ1v) is 7.22. The molecule has 2 aliphatic rings. The Morgan fingerprint density at radius 1 is 1.15 bits per heavy atom. The SMILES string of the molecule is NC1CC(C(F)(F)F)Cn2nc(C3CCCCC3)nc21. The first-order valence-electron chi connectivity index (χ1n) is 7.22. The van der Waals surface area contributed by atoms with E-state index in [9.17, 15) is 13.2 Å². The highest BCUT2D eigenvalue weighted by Gasteiger charge is 2.44. The van der Waals surface area contributed by atoms with Crippen LogP contribution >= 0.6 is 0 Å². The lowest BCUT2D eigenvalue weighted by molar-refractivity contribution is -0.184. The predicted molar refractivity (Wildman–Crippen MR) is 66.9 cm³/mol. The lowest BCUT2D eigenvalue weighted by Crippen LogP contribution is -2.37. The summed E-state index contributed by atoms with van der Waals surface area (Å²) in [7, 11) is 0. The molecule has 3 rings (SSSR count). The van der Waals surface area contributed by atoms with Crippen molar-refractivity contribution < 1.29 is 13.2 Å². The quantitative estimate of drug-likeness (QED) is 0.864. The number of nitrogens with two attached hydrogens (primary N) is 1. The van der Waals surface area contributed by atoms with Gasteiger partial charge in [0.05, 0.1) is 18.5 Å². The lowest BCUT2D eigenvalue weighted by Gasteiger charge is -2.28. The molecule has 0 aromatic carbocycles. The van der Waals surface area contributed by atoms with Gasteiger partial charge in [-0.1, -0.05) is 19.3 Å². The summed E-state index contributed by atoms with van der Waals surface area (Å²) in [5.41, 5.74) is 5.85. The minimum absolute atomic E-state index is 0.0910. The van der Waals surface area contributed by atoms with E-state index in [2.05, 4.69) is 10.1 Å². The fraction of sp³-hybridized carbons (Fsp3) is 0.846. The van der Waals surface area contributed by atoms with Gasteiger partial charge in [0.15, 0.2) is 5.82 Å². The predicted octanol–water partition coefficient (Wildman–Crippen LogP) is 2.91. The second kappa shape index (κ2) is 5.02. The van der Waals surface area contributed by atoms with Crippen LogP contribution in [0.15, 0.2) is 0 Å². The van der Waals surface area contributed by atoms with Crippen LogP contribution in [0.25, 0.3) is 0 Å². The number of halogens is 3. The highest BCUT2D eigenvalue weighted by molar-refractivity contribution is 5.07. The van der Waals surface area contributed by atoms with E-state index in [0.717, 1.165) is 25.7 Å². The molecule has 1 aliphatic heterocycles. The van der Waals surface area contributed by atoms with Crippen molar-refractivity contribution in [3.8, 4) is 0 Å². The molecule has 2 atom stereocenters. The average molecular weight is 288 g/mol. The molecule has 1 aromatic heterocycles. The highest BCUT2D eigenvalue weighted by Crippen LogP contribution is 2.38. The van der Waals surface area contributed by atoms with Crippen molar-refractivity contribution in [2.75, 3.05) is 0 Å². The van der Waals surface area contributed by atoms with Crippen LogP contribution in [0, 0.1) is 5.92 Å². The van der Waals surface area contributed by atoms with Crippen LogP contribution in [0.2, 0.25) is 0 Å². The summed E-state index contributed by atoms with van der Waals surface area (Å²) in [6, 6.07) is -0.666. The Morgan fingerprint density at radius 3 is 2.50 bits per heavy atom. The Balaban J connectivity index is 1.83. The summed E-state index contributed by atoms with van der Waals surface area (Å²) in [4.78, 5) is 4.43. The molecular formula is C13H19F3N4. The number of aromatic nitrogens is 3. The molecule has 1 aliphatic carbocycles. The smallest absolute Gasteiger partial charge is 0.321 e. The molecule has 0 radical (unpaired) electrons. The van der Waals surface area contributed by atoms with Crippen LogP contribution < -0.4 is 5.73 Å². The van der Waals surface area contributed by atoms with E-state index in [-0.39, 0.29) is 13.0 Å². The Kier molecular flexibility index (Phi) is 3.48. The van der Waals surface area contributed by atoms with Gasteiger partial charge in [0, 0.05) is 5.92 Å². The third kappa shape index (κ3) is 2.55. The largest absolute Gasteiger partial charge is 0.393 e. The van der Waals surface area contributed by atoms with Gasteiger partial charge < -0.3 is 5.73 Å². The third-order valence-electron chi connectivity index (χ3n) is 4.41. The van der Waals surface area contributed by atoms with Crippen molar-refractivity contribution >= 4 is 0 Å². The number of hydrogen-bond donors (Lipinski definition) is 1. The monoisotopic (exact) mass is 288 g/mol. The Labute approximate surface area is 115 Å². The molecule has 1 aromatic rings. The summed E-state index contributed by atoms with van der Waals surface area (Å²) in [5, 5.41) is 4.31. The second-order valence-electron chi connectivity index (χ2n) is 5.93. The minimum atomic E-state index is -4.22. The number of hydrogen-bond acceptors (Lipinski definition) is 3. The van der Waals surface area contributed by atoms with Crippen molar-refractivity contribution in [3.63, 3.8) is 0 Å². The second-order valence-corrected chi connectivity index (χ2v) is 5.93. The van der Waals surface area contributed by atoms with Gasteiger partial charge in [0.1, 0.15) is 5.82 Å². The molecule has 0 spiro atoms. The summed E-state index contributed by atoms with van der Waals surface area (Å²) in [6.07, 6.45) is 1.26. The average Bonchev–Trinajstić information content (AvgIpc) is 2.83. The highest BCUT2D eigenvalue weighted by atomic mass is 19.4. The molecule has 2 N–H and O–H groups in total. The molecule has 112 valence electrons. The maximum absolute atomic E-state index is 12.9. The van der Waals surface area contributed by atoms with Gasteiger partial charge >= 0.3 is 6.18 Å². The zero-order valence-electron chi connectivity index (χ0n) is 11.2. The van der Waals surface area contributed by atoms with Gasteiger partial charge in [-0.25, -0.2) is 9.67 Å². The molecular weight excluding hydrogens is 269 g/mol. The van der Waals surface area contributed by atoms with E-state index >= 15 is 0 Å². The Morgan fingerprint density at radius 2 is 1.85 bits per heavy atom. The van der Waals surface area contributed by atoms with E-state index in [1.54, 1.807) is 0 Å². The van der Waals surface area contributed by atoms with E-state index in [0.29, 0.717) is 17.6 Å². The molecule has 1 saturated carbocycles. The molecule has 4 nitrogen and oxygen atoms in total. The van der Waals surface area contributed by atoms with Crippen molar-refractivity contribution in [1.82, 2.24) is 14.8 Å². The van der Waals surface area contributed by atoms with Gasteiger partial charge in [-0.05, 0) is 19.3 Å². The topological polar surface area (TPSA) is 56.7 Å². The molecule has 0 saturated heterocycles. The van der Waals surface area contributed by atoms with Gasteiger partial charge in [-0.15, -0.1) is 0 Å². The van der Waals surface area contributed by atoms with Gasteiger partial charge in [-0.2, -0.15) is 18.3 Å². The minimum Gasteiger partial charge on any atom is -0.321 e. The van der Waals surface area contributed by atoms with E-state index in [1.165, 1.54) is 11.1 Å². The summed E-state index contributed by atoms with van der Waals surface area (Å²) in [6.45, 7) is -0.147. The molecule has 20 heavy (non-hydrogen) atoms. The van der Waals surface area contributed by atoms with Crippen molar-refractivity contribution in [3.05, 3.63) is 11.6 Å². The van der Waals surface area contributed by atoms with E-state index < -0.39 is 18.1 Å². The van der Waals surface area contributed by atoms with Crippen molar-refractivity contribution in [2.24, 2.45) is 11.7 Å². The Bertz CT molecular complexity index is 476. The summed E-state index contributed by atoms with van der Waals surface area (Å²) >= 11 is 0. The number of fused-ring (bicyclic) bond motifs is 1. The lowest BCUT2D eigenvalue weighted by atomic mass is 9.89. The van der Waals surface area contributed by atoms with E-state index in [1.807, 2.05) is 0 Å². The van der Waals surface area contributed by atoms with Crippen LogP contribution in [0.4, 0.5) is 13.2 Å². The van der Waals surface area contributed by atoms with Crippen molar-refractivity contribution in [1.29, 1.82) is 0 Å². The number of rotatable bonds is 1. The van der Waals surface area contributed by atoms with Gasteiger partial charge in [0.25, 0.3) is 0 Å². The summed E-state index contributed by atoms with van der Waals surface area (Å²) < 4.78 is 39.9. The normalized spacial score (nSPS) is 28.4. The number of alkyl halides is 3. The van der Waals surface area contributed by atoms with Crippen LogP contribution in [0.3, 0.4) is 0 Å². The first-order chi connectivity index (χ1) is 9.45. The van der Waals surface area contributed by atoms with Gasteiger partial charge in [0.2, 0.25) is 0 Å². The van der Waals surface area contributed by atoms with Crippen molar-refractivity contribution in [2.45, 2.75) is 63.2 Å². The zero-order chi connectivity index (χ0) is 14.3. The van der Waals surface area contributed by atoms with Crippen LogP contribution in [-0.4, -0.2) is 20.9 Å². The molecule has 2 heterocycles. The van der Waals surface area contributed by atoms with Crippen LogP contribution in [0.1, 0.15) is 62.1 Å². The molecule has 2 unspecified atom stereocenters. The van der Waals surface area contributed by atoms with E-state index in [4.69, 9.17) is 5.73 Å². The van der Waals surface area contributed by atoms with Crippen LogP contribution in [-0.2, 0) is 6.54 Å². The molecule has 1 fully saturated rings. The maximum Gasteiger partial charge on any atom is 0.393 e. The standard InChI is InChI=1S/C13H19F3N4/c14-13(15,16)9-6-10(17)12-18-11(19-20(12)7-9)8-4-2-1-3-5-8/h8-10H,1-7,17H2. The molecule has 0 bridgehead atoms. The zero-order valence-corrected chi connectivity index (χ0v) is 11.2. The molecule has 7 heteroatoms. The number of nitrogens with zero attached hydrogens (tertiary/aromatic N) is 3. The molecule has 0 amide bonds. The fourth-order valence-electron chi connectivity index (χ4n) is 3.25. The maximum atomic E-state index is 12.9. The third-order valence-corrected chi connectivity index (χ3v) is 4.41. The van der Waals surface area contributed by atoms with Gasteiger partial charge in [-0.3, -0.25) is 0 Å².